The lowest BCUT2D eigenvalue weighted by molar-refractivity contribution is 0.103. The average Bonchev–Trinajstić information content (AvgIpc) is 3.10. The maximum absolute atomic E-state index is 12.7. The van der Waals surface area contributed by atoms with Crippen LogP contribution in [-0.2, 0) is 0 Å². The van der Waals surface area contributed by atoms with E-state index >= 15 is 0 Å². The molecule has 0 aliphatic carbocycles. The Bertz CT molecular complexity index is 1240. The largest absolute Gasteiger partial charge is 0.493 e. The van der Waals surface area contributed by atoms with Crippen LogP contribution in [0.5, 0.6) is 11.5 Å². The number of nitrogens with zero attached hydrogens (tertiary/aromatic N) is 1. The van der Waals surface area contributed by atoms with E-state index in [1.54, 1.807) is 14.2 Å². The van der Waals surface area contributed by atoms with E-state index in [2.05, 4.69) is 21.2 Å². The summed E-state index contributed by atoms with van der Waals surface area (Å²) in [6, 6.07) is 16.7. The maximum atomic E-state index is 12.7. The molecule has 6 nitrogen and oxygen atoms in total. The summed E-state index contributed by atoms with van der Waals surface area (Å²) in [5.41, 5.74) is 9.01. The number of nitrogen functional groups attached to an aromatic ring is 1. The monoisotopic (exact) mass is 483 g/mol. The van der Waals surface area contributed by atoms with E-state index in [1.807, 2.05) is 54.6 Å². The number of carbonyl (C=O) groups excluding carboxylic acids is 1. The highest BCUT2D eigenvalue weighted by Crippen LogP contribution is 2.36. The standard InChI is InChI=1S/C22H18BrN3O3S/c1-28-17-10-3-12(11-18(17)29-2)16-9-8-15-19(24)20(30-22(15)26-16)21(27)25-14-6-4-13(23)5-7-14/h3-11H,24H2,1-2H3,(H,25,27). The number of carbonyl (C=O) groups is 1. The van der Waals surface area contributed by atoms with E-state index in [-0.39, 0.29) is 5.91 Å². The first-order valence-electron chi connectivity index (χ1n) is 8.98. The van der Waals surface area contributed by atoms with Gasteiger partial charge in [0.15, 0.2) is 11.5 Å². The molecule has 2 heterocycles. The van der Waals surface area contributed by atoms with Gasteiger partial charge in [-0.15, -0.1) is 11.3 Å². The third-order valence-corrected chi connectivity index (χ3v) is 6.22. The number of nitrogens with one attached hydrogen (secondary N) is 1. The Kier molecular flexibility index (Phi) is 5.61. The van der Waals surface area contributed by atoms with E-state index in [4.69, 9.17) is 20.2 Å². The first-order chi connectivity index (χ1) is 14.5. The summed E-state index contributed by atoms with van der Waals surface area (Å²) >= 11 is 4.65. The molecule has 0 aliphatic rings. The fourth-order valence-corrected chi connectivity index (χ4v) is 4.30. The van der Waals surface area contributed by atoms with E-state index in [1.165, 1.54) is 11.3 Å². The molecule has 30 heavy (non-hydrogen) atoms. The molecule has 0 aliphatic heterocycles. The molecule has 0 saturated heterocycles. The van der Waals surface area contributed by atoms with Crippen LogP contribution in [0.1, 0.15) is 9.67 Å². The number of thiophene rings is 1. The quantitative estimate of drug-likeness (QED) is 0.387. The molecule has 0 spiro atoms. The van der Waals surface area contributed by atoms with E-state index < -0.39 is 0 Å². The third-order valence-electron chi connectivity index (χ3n) is 4.58. The van der Waals surface area contributed by atoms with Crippen LogP contribution in [0, 0.1) is 0 Å². The summed E-state index contributed by atoms with van der Waals surface area (Å²) in [6.45, 7) is 0. The van der Waals surface area contributed by atoms with E-state index in [0.717, 1.165) is 21.1 Å². The number of aromatic nitrogens is 1. The molecule has 1 amide bonds. The first-order valence-corrected chi connectivity index (χ1v) is 10.6. The number of anilines is 2. The number of ether oxygens (including phenoxy) is 2. The Hall–Kier alpha value is -3.10. The Labute approximate surface area is 185 Å². The van der Waals surface area contributed by atoms with Crippen molar-refractivity contribution in [3.63, 3.8) is 0 Å². The van der Waals surface area contributed by atoms with Gasteiger partial charge < -0.3 is 20.5 Å². The van der Waals surface area contributed by atoms with Gasteiger partial charge in [-0.1, -0.05) is 15.9 Å². The smallest absolute Gasteiger partial charge is 0.267 e. The SMILES string of the molecule is COc1ccc(-c2ccc3c(N)c(C(=O)Nc4ccc(Br)cc4)sc3n2)cc1OC. The summed E-state index contributed by atoms with van der Waals surface area (Å²) in [7, 11) is 3.19. The van der Waals surface area contributed by atoms with E-state index in [0.29, 0.717) is 32.6 Å². The highest BCUT2D eigenvalue weighted by molar-refractivity contribution is 9.10. The predicted molar refractivity (Wildman–Crippen MR) is 125 cm³/mol. The van der Waals surface area contributed by atoms with Crippen molar-refractivity contribution in [1.29, 1.82) is 0 Å². The third kappa shape index (κ3) is 3.83. The molecule has 4 rings (SSSR count). The van der Waals surface area contributed by atoms with Crippen LogP contribution in [0.15, 0.2) is 59.1 Å². The lowest BCUT2D eigenvalue weighted by atomic mass is 10.1. The molecule has 0 unspecified atom stereocenters. The van der Waals surface area contributed by atoms with Crippen molar-refractivity contribution >= 4 is 54.8 Å². The van der Waals surface area contributed by atoms with Crippen LogP contribution in [0.3, 0.4) is 0 Å². The maximum Gasteiger partial charge on any atom is 0.267 e. The molecule has 0 atom stereocenters. The van der Waals surface area contributed by atoms with Crippen molar-refractivity contribution in [2.45, 2.75) is 0 Å². The Morgan fingerprint density at radius 3 is 2.47 bits per heavy atom. The van der Waals surface area contributed by atoms with Crippen molar-refractivity contribution in [1.82, 2.24) is 4.98 Å². The van der Waals surface area contributed by atoms with Crippen LogP contribution in [0.2, 0.25) is 0 Å². The summed E-state index contributed by atoms with van der Waals surface area (Å²) < 4.78 is 11.6. The number of hydrogen-bond acceptors (Lipinski definition) is 6. The second kappa shape index (κ2) is 8.33. The zero-order valence-corrected chi connectivity index (χ0v) is 18.6. The molecule has 2 aromatic heterocycles. The number of benzene rings is 2. The molecular weight excluding hydrogens is 466 g/mol. The van der Waals surface area contributed by atoms with Gasteiger partial charge in [0, 0.05) is 21.1 Å². The summed E-state index contributed by atoms with van der Waals surface area (Å²) in [6.07, 6.45) is 0. The van der Waals surface area contributed by atoms with Gasteiger partial charge in [0.1, 0.15) is 9.71 Å². The second-order valence-electron chi connectivity index (χ2n) is 6.42. The summed E-state index contributed by atoms with van der Waals surface area (Å²) in [5.74, 6) is 1.01. The van der Waals surface area contributed by atoms with Crippen molar-refractivity contribution in [2.75, 3.05) is 25.3 Å². The molecular formula is C22H18BrN3O3S. The van der Waals surface area contributed by atoms with Crippen molar-refractivity contribution < 1.29 is 14.3 Å². The zero-order chi connectivity index (χ0) is 21.3. The minimum atomic E-state index is -0.259. The van der Waals surface area contributed by atoms with E-state index in [9.17, 15) is 4.79 Å². The fraction of sp³-hybridized carbons (Fsp3) is 0.0909. The van der Waals surface area contributed by atoms with Crippen LogP contribution in [-0.4, -0.2) is 25.1 Å². The Morgan fingerprint density at radius 2 is 1.77 bits per heavy atom. The van der Waals surface area contributed by atoms with Crippen molar-refractivity contribution in [2.24, 2.45) is 0 Å². The van der Waals surface area contributed by atoms with Gasteiger partial charge in [0.2, 0.25) is 0 Å². The van der Waals surface area contributed by atoms with Crippen molar-refractivity contribution in [3.05, 3.63) is 63.9 Å². The number of rotatable bonds is 5. The zero-order valence-electron chi connectivity index (χ0n) is 16.2. The van der Waals surface area contributed by atoms with Crippen LogP contribution < -0.4 is 20.5 Å². The first kappa shape index (κ1) is 20.2. The normalized spacial score (nSPS) is 10.8. The van der Waals surface area contributed by atoms with Crippen LogP contribution >= 0.6 is 27.3 Å². The number of amides is 1. The Morgan fingerprint density at radius 1 is 1.03 bits per heavy atom. The highest BCUT2D eigenvalue weighted by Gasteiger charge is 2.18. The highest BCUT2D eigenvalue weighted by atomic mass is 79.9. The van der Waals surface area contributed by atoms with Gasteiger partial charge in [-0.05, 0) is 54.6 Å². The summed E-state index contributed by atoms with van der Waals surface area (Å²) in [5, 5.41) is 3.63. The lowest BCUT2D eigenvalue weighted by Crippen LogP contribution is -2.11. The van der Waals surface area contributed by atoms with Crippen molar-refractivity contribution in [3.8, 4) is 22.8 Å². The van der Waals surface area contributed by atoms with Gasteiger partial charge in [-0.2, -0.15) is 0 Å². The van der Waals surface area contributed by atoms with Crippen LogP contribution in [0.25, 0.3) is 21.5 Å². The van der Waals surface area contributed by atoms with Crippen LogP contribution in [0.4, 0.5) is 11.4 Å². The number of methoxy groups -OCH3 is 2. The molecule has 0 saturated carbocycles. The van der Waals surface area contributed by atoms with Gasteiger partial charge in [-0.25, -0.2) is 4.98 Å². The molecule has 3 N–H and O–H groups in total. The fourth-order valence-electron chi connectivity index (χ4n) is 3.04. The van der Waals surface area contributed by atoms with Gasteiger partial charge in [-0.3, -0.25) is 4.79 Å². The van der Waals surface area contributed by atoms with Gasteiger partial charge in [0.05, 0.1) is 25.6 Å². The molecule has 0 fully saturated rings. The topological polar surface area (TPSA) is 86.5 Å². The predicted octanol–water partition coefficient (Wildman–Crippen LogP) is 5.58. The Balaban J connectivity index is 1.67. The molecule has 8 heteroatoms. The number of halogens is 1. The number of hydrogen-bond donors (Lipinski definition) is 2. The number of fused-ring (bicyclic) bond motifs is 1. The minimum absolute atomic E-state index is 0.259. The molecule has 0 radical (unpaired) electrons. The lowest BCUT2D eigenvalue weighted by Gasteiger charge is -2.09. The molecule has 2 aromatic carbocycles. The number of nitrogens with two attached hydrogens (primary N) is 1. The summed E-state index contributed by atoms with van der Waals surface area (Å²) in [4.78, 5) is 18.6. The molecule has 0 bridgehead atoms. The van der Waals surface area contributed by atoms with Gasteiger partial charge >= 0.3 is 0 Å². The van der Waals surface area contributed by atoms with Gasteiger partial charge in [0.25, 0.3) is 5.91 Å². The minimum Gasteiger partial charge on any atom is -0.493 e. The average molecular weight is 484 g/mol. The number of pyridine rings is 1. The second-order valence-corrected chi connectivity index (χ2v) is 8.34. The molecule has 152 valence electrons. The molecule has 4 aromatic rings.